The van der Waals surface area contributed by atoms with Crippen LogP contribution in [-0.4, -0.2) is 9.97 Å². The summed E-state index contributed by atoms with van der Waals surface area (Å²) in [6.07, 6.45) is 5.73. The molecule has 0 bridgehead atoms. The Morgan fingerprint density at radius 3 is 2.57 bits per heavy atom. The molecule has 0 atom stereocenters. The maximum absolute atomic E-state index is 6.22. The molecular weight excluding hydrogens is 327 g/mol. The van der Waals surface area contributed by atoms with Gasteiger partial charge in [0, 0.05) is 34.8 Å². The number of hydrogen-bond donors (Lipinski definition) is 1. The summed E-state index contributed by atoms with van der Waals surface area (Å²) in [4.78, 5) is 7.85. The molecule has 3 rings (SSSR count). The topological polar surface area (TPSA) is 28.7 Å². The Hall–Kier alpha value is -1.77. The average molecular weight is 345 g/mol. The fraction of sp³-hybridized carbons (Fsp3) is 0.211. The molecule has 1 N–H and O–H groups in total. The van der Waals surface area contributed by atoms with E-state index in [1.807, 2.05) is 24.4 Å². The van der Waals surface area contributed by atoms with Crippen molar-refractivity contribution < 1.29 is 0 Å². The molecule has 0 spiro atoms. The number of aromatic amines is 1. The summed E-state index contributed by atoms with van der Waals surface area (Å²) in [5, 5.41) is 1.35. The lowest BCUT2D eigenvalue weighted by Gasteiger charge is -2.03. The molecule has 4 heteroatoms. The van der Waals surface area contributed by atoms with Crippen LogP contribution in [0.25, 0.3) is 0 Å². The van der Waals surface area contributed by atoms with Crippen LogP contribution in [0.15, 0.2) is 54.7 Å². The van der Waals surface area contributed by atoms with Gasteiger partial charge < -0.3 is 4.98 Å². The summed E-state index contributed by atoms with van der Waals surface area (Å²) in [6, 6.07) is 16.1. The van der Waals surface area contributed by atoms with Gasteiger partial charge in [0.1, 0.15) is 5.82 Å². The summed E-state index contributed by atoms with van der Waals surface area (Å²) >= 11 is 12.1. The van der Waals surface area contributed by atoms with E-state index in [0.29, 0.717) is 10.0 Å². The predicted octanol–water partition coefficient (Wildman–Crippen LogP) is 5.48. The molecule has 3 aromatic rings. The second-order valence-electron chi connectivity index (χ2n) is 5.61. The predicted molar refractivity (Wildman–Crippen MR) is 96.3 cm³/mol. The highest BCUT2D eigenvalue weighted by Crippen LogP contribution is 2.23. The summed E-state index contributed by atoms with van der Waals surface area (Å²) in [7, 11) is 0. The Morgan fingerprint density at radius 2 is 1.78 bits per heavy atom. The molecule has 0 radical (unpaired) electrons. The molecule has 0 aliphatic heterocycles. The van der Waals surface area contributed by atoms with Crippen LogP contribution in [0, 0.1) is 0 Å². The summed E-state index contributed by atoms with van der Waals surface area (Å²) < 4.78 is 0. The SMILES string of the molecule is Clc1ccc(Cc2cnc(CCCc3ccccc3)[nH]2)c(Cl)c1. The number of H-pyrrole nitrogens is 1. The van der Waals surface area contributed by atoms with Gasteiger partial charge in [-0.25, -0.2) is 4.98 Å². The van der Waals surface area contributed by atoms with Crippen molar-refractivity contribution in [1.82, 2.24) is 9.97 Å². The number of nitrogens with one attached hydrogen (secondary N) is 1. The number of aromatic nitrogens is 2. The van der Waals surface area contributed by atoms with Crippen molar-refractivity contribution in [2.45, 2.75) is 25.7 Å². The largest absolute Gasteiger partial charge is 0.346 e. The third-order valence-electron chi connectivity index (χ3n) is 3.80. The lowest BCUT2D eigenvalue weighted by atomic mass is 10.1. The van der Waals surface area contributed by atoms with Crippen LogP contribution in [0.1, 0.15) is 29.1 Å². The minimum Gasteiger partial charge on any atom is -0.346 e. The molecule has 118 valence electrons. The standard InChI is InChI=1S/C19H18Cl2N2/c20-16-10-9-15(18(21)12-16)11-17-13-22-19(23-17)8-4-7-14-5-2-1-3-6-14/h1-3,5-6,9-10,12-13H,4,7-8,11H2,(H,22,23). The molecular formula is C19H18Cl2N2. The molecule has 2 nitrogen and oxygen atoms in total. The lowest BCUT2D eigenvalue weighted by molar-refractivity contribution is 0.780. The van der Waals surface area contributed by atoms with Crippen molar-refractivity contribution >= 4 is 23.2 Å². The van der Waals surface area contributed by atoms with Crippen molar-refractivity contribution in [3.05, 3.63) is 87.4 Å². The molecule has 2 aromatic carbocycles. The first-order valence-electron chi connectivity index (χ1n) is 7.71. The van der Waals surface area contributed by atoms with E-state index in [4.69, 9.17) is 23.2 Å². The van der Waals surface area contributed by atoms with Gasteiger partial charge in [0.15, 0.2) is 0 Å². The van der Waals surface area contributed by atoms with Crippen LogP contribution in [0.2, 0.25) is 10.0 Å². The van der Waals surface area contributed by atoms with E-state index in [0.717, 1.165) is 42.8 Å². The van der Waals surface area contributed by atoms with Gasteiger partial charge in [-0.3, -0.25) is 0 Å². The minimum atomic E-state index is 0.657. The molecule has 0 aliphatic carbocycles. The second kappa shape index (κ2) is 7.67. The first-order valence-corrected chi connectivity index (χ1v) is 8.47. The van der Waals surface area contributed by atoms with Crippen molar-refractivity contribution in [3.63, 3.8) is 0 Å². The zero-order valence-electron chi connectivity index (χ0n) is 12.7. The highest BCUT2D eigenvalue weighted by atomic mass is 35.5. The highest BCUT2D eigenvalue weighted by molar-refractivity contribution is 6.35. The van der Waals surface area contributed by atoms with Crippen molar-refractivity contribution in [2.75, 3.05) is 0 Å². The van der Waals surface area contributed by atoms with Crippen LogP contribution in [0.5, 0.6) is 0 Å². The Bertz CT molecular complexity index is 766. The molecule has 0 saturated heterocycles. The Balaban J connectivity index is 1.55. The summed E-state index contributed by atoms with van der Waals surface area (Å²) in [5.74, 6) is 1.03. The molecule has 0 fully saturated rings. The van der Waals surface area contributed by atoms with Crippen LogP contribution in [-0.2, 0) is 19.3 Å². The number of nitrogens with zero attached hydrogens (tertiary/aromatic N) is 1. The second-order valence-corrected chi connectivity index (χ2v) is 6.45. The number of rotatable bonds is 6. The Kier molecular flexibility index (Phi) is 5.37. The number of hydrogen-bond acceptors (Lipinski definition) is 1. The molecule has 0 amide bonds. The van der Waals surface area contributed by atoms with Crippen molar-refractivity contribution in [3.8, 4) is 0 Å². The van der Waals surface area contributed by atoms with E-state index in [1.165, 1.54) is 5.56 Å². The summed E-state index contributed by atoms with van der Waals surface area (Å²) in [5.41, 5.74) is 3.49. The van der Waals surface area contributed by atoms with Gasteiger partial charge in [0.25, 0.3) is 0 Å². The third kappa shape index (κ3) is 4.60. The van der Waals surface area contributed by atoms with E-state index in [2.05, 4.69) is 34.2 Å². The first kappa shape index (κ1) is 16.1. The monoisotopic (exact) mass is 344 g/mol. The third-order valence-corrected chi connectivity index (χ3v) is 4.39. The number of aryl methyl sites for hydroxylation is 2. The van der Waals surface area contributed by atoms with Crippen LogP contribution >= 0.6 is 23.2 Å². The van der Waals surface area contributed by atoms with Gasteiger partial charge in [-0.1, -0.05) is 59.6 Å². The maximum Gasteiger partial charge on any atom is 0.106 e. The van der Waals surface area contributed by atoms with Gasteiger partial charge in [-0.2, -0.15) is 0 Å². The number of benzene rings is 2. The fourth-order valence-electron chi connectivity index (χ4n) is 2.60. The average Bonchev–Trinajstić information content (AvgIpc) is 2.99. The van der Waals surface area contributed by atoms with E-state index in [-0.39, 0.29) is 0 Å². The van der Waals surface area contributed by atoms with E-state index in [1.54, 1.807) is 6.07 Å². The fourth-order valence-corrected chi connectivity index (χ4v) is 3.07. The molecule has 1 aromatic heterocycles. The zero-order valence-corrected chi connectivity index (χ0v) is 14.2. The van der Waals surface area contributed by atoms with Crippen molar-refractivity contribution in [1.29, 1.82) is 0 Å². The van der Waals surface area contributed by atoms with Gasteiger partial charge >= 0.3 is 0 Å². The van der Waals surface area contributed by atoms with Gasteiger partial charge in [-0.05, 0) is 36.1 Å². The molecule has 23 heavy (non-hydrogen) atoms. The van der Waals surface area contributed by atoms with Crippen LogP contribution in [0.4, 0.5) is 0 Å². The van der Waals surface area contributed by atoms with Crippen molar-refractivity contribution in [2.24, 2.45) is 0 Å². The van der Waals surface area contributed by atoms with Gasteiger partial charge in [-0.15, -0.1) is 0 Å². The van der Waals surface area contributed by atoms with Crippen LogP contribution < -0.4 is 0 Å². The molecule has 0 saturated carbocycles. The van der Waals surface area contributed by atoms with E-state index >= 15 is 0 Å². The quantitative estimate of drug-likeness (QED) is 0.629. The van der Waals surface area contributed by atoms with E-state index in [9.17, 15) is 0 Å². The number of halogens is 2. The van der Waals surface area contributed by atoms with Gasteiger partial charge in [0.05, 0.1) is 0 Å². The molecule has 0 aliphatic rings. The number of imidazole rings is 1. The molecule has 0 unspecified atom stereocenters. The maximum atomic E-state index is 6.22. The first-order chi connectivity index (χ1) is 11.2. The Labute approximate surface area is 146 Å². The highest BCUT2D eigenvalue weighted by Gasteiger charge is 2.06. The zero-order chi connectivity index (χ0) is 16.1. The molecule has 1 heterocycles. The smallest absolute Gasteiger partial charge is 0.106 e. The van der Waals surface area contributed by atoms with E-state index < -0.39 is 0 Å². The summed E-state index contributed by atoms with van der Waals surface area (Å²) in [6.45, 7) is 0. The normalized spacial score (nSPS) is 10.9. The minimum absolute atomic E-state index is 0.657. The lowest BCUT2D eigenvalue weighted by Crippen LogP contribution is -1.93. The van der Waals surface area contributed by atoms with Crippen LogP contribution in [0.3, 0.4) is 0 Å². The van der Waals surface area contributed by atoms with Gasteiger partial charge in [0.2, 0.25) is 0 Å². The Morgan fingerprint density at radius 1 is 0.957 bits per heavy atom.